The number of carboxylic acid groups (broad SMARTS) is 1. The minimum absolute atomic E-state index is 0.129. The van der Waals surface area contributed by atoms with E-state index in [9.17, 15) is 19.5 Å². The van der Waals surface area contributed by atoms with Crippen LogP contribution in [0.4, 0.5) is 0 Å². The van der Waals surface area contributed by atoms with Gasteiger partial charge in [-0.3, -0.25) is 4.79 Å². The predicted octanol–water partition coefficient (Wildman–Crippen LogP) is 2.03. The third-order valence-electron chi connectivity index (χ3n) is 6.72. The standard InChI is InChI=1S/C24H29NO6/c1-14-20(11-10-18-17-4-2-3-5-19(17)24(29)31-22(14)18)30-13-21(26)25-12-15-6-8-16(9-7-15)23(27)28/h10-11,15-16H,2-9,12-13H2,1H3,(H,25,26)(H,27,28)/p-1. The van der Waals surface area contributed by atoms with Crippen molar-refractivity contribution in [2.24, 2.45) is 11.8 Å². The largest absolute Gasteiger partial charge is 0.550 e. The Balaban J connectivity index is 1.36. The van der Waals surface area contributed by atoms with Crippen LogP contribution in [0.5, 0.6) is 5.75 Å². The highest BCUT2D eigenvalue weighted by molar-refractivity contribution is 5.86. The fourth-order valence-corrected chi connectivity index (χ4v) is 4.84. The Kier molecular flexibility index (Phi) is 6.30. The van der Waals surface area contributed by atoms with E-state index in [1.54, 1.807) is 0 Å². The number of rotatable bonds is 6. The quantitative estimate of drug-likeness (QED) is 0.708. The molecule has 7 nitrogen and oxygen atoms in total. The first kappa shape index (κ1) is 21.4. The zero-order chi connectivity index (χ0) is 22.0. The van der Waals surface area contributed by atoms with Gasteiger partial charge in [-0.1, -0.05) is 0 Å². The second-order valence-corrected chi connectivity index (χ2v) is 8.75. The first-order chi connectivity index (χ1) is 14.9. The van der Waals surface area contributed by atoms with Crippen LogP contribution < -0.4 is 20.8 Å². The first-order valence-corrected chi connectivity index (χ1v) is 11.1. The number of aryl methyl sites for hydroxylation is 2. The number of nitrogens with one attached hydrogen (secondary N) is 1. The molecular weight excluding hydrogens is 398 g/mol. The maximum absolute atomic E-state index is 12.4. The summed E-state index contributed by atoms with van der Waals surface area (Å²) in [6.45, 7) is 2.22. The third kappa shape index (κ3) is 4.60. The number of carbonyl (C=O) groups excluding carboxylic acids is 2. The Morgan fingerprint density at radius 1 is 1.13 bits per heavy atom. The number of hydrogen-bond acceptors (Lipinski definition) is 6. The molecule has 0 aliphatic heterocycles. The van der Waals surface area contributed by atoms with E-state index in [0.717, 1.165) is 60.6 Å². The number of amides is 1. The zero-order valence-electron chi connectivity index (χ0n) is 17.8. The number of carboxylic acids is 1. The highest BCUT2D eigenvalue weighted by atomic mass is 16.5. The molecule has 1 fully saturated rings. The van der Waals surface area contributed by atoms with Gasteiger partial charge in [-0.05, 0) is 87.8 Å². The maximum atomic E-state index is 12.4. The van der Waals surface area contributed by atoms with Gasteiger partial charge in [0.25, 0.3) is 5.91 Å². The van der Waals surface area contributed by atoms with E-state index < -0.39 is 5.97 Å². The molecule has 1 N–H and O–H groups in total. The van der Waals surface area contributed by atoms with Crippen LogP contribution in [0.15, 0.2) is 21.3 Å². The van der Waals surface area contributed by atoms with Gasteiger partial charge in [0.1, 0.15) is 11.3 Å². The molecule has 166 valence electrons. The second-order valence-electron chi connectivity index (χ2n) is 8.75. The van der Waals surface area contributed by atoms with Crippen LogP contribution in [0.2, 0.25) is 0 Å². The van der Waals surface area contributed by atoms with Crippen LogP contribution >= 0.6 is 0 Å². The third-order valence-corrected chi connectivity index (χ3v) is 6.72. The molecule has 0 radical (unpaired) electrons. The summed E-state index contributed by atoms with van der Waals surface area (Å²) in [7, 11) is 0. The van der Waals surface area contributed by atoms with Gasteiger partial charge in [0, 0.05) is 29.0 Å². The second kappa shape index (κ2) is 9.12. The van der Waals surface area contributed by atoms with E-state index >= 15 is 0 Å². The SMILES string of the molecule is Cc1c(OCC(=O)NCC2CCC(C(=O)[O-])CC2)ccc2c3c(c(=O)oc12)CCCC3. The van der Waals surface area contributed by atoms with Crippen LogP contribution in [0, 0.1) is 18.8 Å². The molecule has 1 saturated carbocycles. The van der Waals surface area contributed by atoms with Crippen LogP contribution in [-0.4, -0.2) is 25.0 Å². The molecule has 0 atom stereocenters. The van der Waals surface area contributed by atoms with E-state index in [1.165, 1.54) is 0 Å². The Hall–Kier alpha value is -2.83. The summed E-state index contributed by atoms with van der Waals surface area (Å²) in [5.41, 5.74) is 2.86. The van der Waals surface area contributed by atoms with Gasteiger partial charge in [0.15, 0.2) is 6.61 Å². The lowest BCUT2D eigenvalue weighted by Gasteiger charge is -2.29. The Labute approximate surface area is 180 Å². The molecule has 1 heterocycles. The minimum atomic E-state index is -0.974. The van der Waals surface area contributed by atoms with Crippen LogP contribution in [0.3, 0.4) is 0 Å². The summed E-state index contributed by atoms with van der Waals surface area (Å²) in [4.78, 5) is 35.6. The smallest absolute Gasteiger partial charge is 0.339 e. The number of benzene rings is 1. The monoisotopic (exact) mass is 426 g/mol. The number of carbonyl (C=O) groups is 2. The van der Waals surface area contributed by atoms with E-state index in [4.69, 9.17) is 9.15 Å². The topological polar surface area (TPSA) is 109 Å². The first-order valence-electron chi connectivity index (χ1n) is 11.1. The fourth-order valence-electron chi connectivity index (χ4n) is 4.84. The van der Waals surface area contributed by atoms with Crippen molar-refractivity contribution < 1.29 is 23.8 Å². The molecule has 1 aromatic heterocycles. The Morgan fingerprint density at radius 3 is 2.55 bits per heavy atom. The van der Waals surface area contributed by atoms with Crippen molar-refractivity contribution in [1.82, 2.24) is 5.32 Å². The highest BCUT2D eigenvalue weighted by Gasteiger charge is 2.23. The molecule has 4 rings (SSSR count). The normalized spacial score (nSPS) is 20.8. The Bertz CT molecular complexity index is 1050. The molecule has 2 aliphatic carbocycles. The van der Waals surface area contributed by atoms with Gasteiger partial charge in [-0.15, -0.1) is 0 Å². The van der Waals surface area contributed by atoms with Gasteiger partial charge >= 0.3 is 5.63 Å². The molecule has 2 aromatic rings. The molecule has 2 aliphatic rings. The molecule has 0 bridgehead atoms. The van der Waals surface area contributed by atoms with Gasteiger partial charge in [-0.25, -0.2) is 4.79 Å². The number of hydrogen-bond donors (Lipinski definition) is 1. The molecule has 0 saturated heterocycles. The maximum Gasteiger partial charge on any atom is 0.339 e. The highest BCUT2D eigenvalue weighted by Crippen LogP contribution is 2.32. The van der Waals surface area contributed by atoms with Gasteiger partial charge in [0.05, 0.1) is 0 Å². The van der Waals surface area contributed by atoms with Gasteiger partial charge < -0.3 is 24.4 Å². The Morgan fingerprint density at radius 2 is 1.84 bits per heavy atom. The van der Waals surface area contributed by atoms with Crippen molar-refractivity contribution in [3.63, 3.8) is 0 Å². The molecule has 31 heavy (non-hydrogen) atoms. The van der Waals surface area contributed by atoms with Crippen LogP contribution in [-0.2, 0) is 22.4 Å². The van der Waals surface area contributed by atoms with Crippen LogP contribution in [0.1, 0.15) is 55.2 Å². The summed E-state index contributed by atoms with van der Waals surface area (Å²) in [6.07, 6.45) is 6.47. The molecule has 1 amide bonds. The van der Waals surface area contributed by atoms with Crippen molar-refractivity contribution in [2.45, 2.75) is 58.3 Å². The predicted molar refractivity (Wildman–Crippen MR) is 113 cm³/mol. The summed E-state index contributed by atoms with van der Waals surface area (Å²) >= 11 is 0. The summed E-state index contributed by atoms with van der Waals surface area (Å²) in [5, 5.41) is 14.8. The van der Waals surface area contributed by atoms with Crippen molar-refractivity contribution in [3.8, 4) is 5.75 Å². The van der Waals surface area contributed by atoms with Crippen LogP contribution in [0.25, 0.3) is 11.0 Å². The lowest BCUT2D eigenvalue weighted by Crippen LogP contribution is -2.37. The summed E-state index contributed by atoms with van der Waals surface area (Å²) < 4.78 is 11.3. The number of aliphatic carboxylic acids is 1. The van der Waals surface area contributed by atoms with Gasteiger partial charge in [-0.2, -0.15) is 0 Å². The van der Waals surface area contributed by atoms with E-state index in [-0.39, 0.29) is 30.0 Å². The molecule has 0 spiro atoms. The lowest BCUT2D eigenvalue weighted by molar-refractivity contribution is -0.312. The average molecular weight is 426 g/mol. The molecule has 7 heteroatoms. The minimum Gasteiger partial charge on any atom is -0.550 e. The fraction of sp³-hybridized carbons (Fsp3) is 0.542. The number of fused-ring (bicyclic) bond motifs is 3. The summed E-state index contributed by atoms with van der Waals surface area (Å²) in [6, 6.07) is 3.75. The molecular formula is C24H28NO6-. The van der Waals surface area contributed by atoms with E-state index in [0.29, 0.717) is 30.7 Å². The number of ether oxygens (including phenoxy) is 1. The van der Waals surface area contributed by atoms with Crippen molar-refractivity contribution in [3.05, 3.63) is 39.2 Å². The molecule has 1 aromatic carbocycles. The average Bonchev–Trinajstić information content (AvgIpc) is 2.78. The van der Waals surface area contributed by atoms with Crippen molar-refractivity contribution in [1.29, 1.82) is 0 Å². The van der Waals surface area contributed by atoms with Crippen molar-refractivity contribution >= 4 is 22.8 Å². The lowest BCUT2D eigenvalue weighted by atomic mass is 9.82. The molecule has 0 unspecified atom stereocenters. The van der Waals surface area contributed by atoms with Gasteiger partial charge in [0.2, 0.25) is 0 Å². The van der Waals surface area contributed by atoms with E-state index in [2.05, 4.69) is 5.32 Å². The van der Waals surface area contributed by atoms with Crippen molar-refractivity contribution in [2.75, 3.05) is 13.2 Å². The summed E-state index contributed by atoms with van der Waals surface area (Å²) in [5.74, 6) is -0.762. The zero-order valence-corrected chi connectivity index (χ0v) is 17.8. The van der Waals surface area contributed by atoms with E-state index in [1.807, 2.05) is 19.1 Å².